The van der Waals surface area contributed by atoms with Crippen LogP contribution in [0.4, 0.5) is 13.2 Å². The van der Waals surface area contributed by atoms with Gasteiger partial charge in [-0.25, -0.2) is 0 Å². The Hall–Kier alpha value is -1.07. The maximum atomic E-state index is 12.7. The first-order valence-electron chi connectivity index (χ1n) is 7.61. The molecule has 1 heterocycles. The number of alkyl halides is 3. The second-order valence-electron chi connectivity index (χ2n) is 5.67. The van der Waals surface area contributed by atoms with Gasteiger partial charge in [0.15, 0.2) is 0 Å². The van der Waals surface area contributed by atoms with Crippen LogP contribution in [0.3, 0.4) is 0 Å². The lowest BCUT2D eigenvalue weighted by Crippen LogP contribution is -2.43. The SMILES string of the molecule is CCN(Cc1cccc(C(F)(F)F)c1)CC1CCCCN1. The summed E-state index contributed by atoms with van der Waals surface area (Å²) in [6.07, 6.45) is -0.661. The molecule has 0 saturated carbocycles. The molecule has 1 fully saturated rings. The minimum atomic E-state index is -4.27. The molecule has 1 N–H and O–H groups in total. The lowest BCUT2D eigenvalue weighted by molar-refractivity contribution is -0.137. The topological polar surface area (TPSA) is 15.3 Å². The van der Waals surface area contributed by atoms with Crippen LogP contribution in [0.2, 0.25) is 0 Å². The lowest BCUT2D eigenvalue weighted by Gasteiger charge is -2.30. The number of nitrogens with one attached hydrogen (secondary N) is 1. The van der Waals surface area contributed by atoms with Gasteiger partial charge in [-0.2, -0.15) is 13.2 Å². The average Bonchev–Trinajstić information content (AvgIpc) is 2.47. The number of nitrogens with zero attached hydrogens (tertiary/aromatic N) is 1. The normalized spacial score (nSPS) is 20.0. The first-order chi connectivity index (χ1) is 9.99. The van der Waals surface area contributed by atoms with E-state index in [1.807, 2.05) is 0 Å². The van der Waals surface area contributed by atoms with Crippen molar-refractivity contribution in [3.63, 3.8) is 0 Å². The Labute approximate surface area is 124 Å². The van der Waals surface area contributed by atoms with Gasteiger partial charge in [0.2, 0.25) is 0 Å². The summed E-state index contributed by atoms with van der Waals surface area (Å²) in [6.45, 7) is 5.40. The molecule has 1 aliphatic rings. The van der Waals surface area contributed by atoms with Crippen LogP contribution in [0.15, 0.2) is 24.3 Å². The minimum absolute atomic E-state index is 0.462. The predicted octanol–water partition coefficient (Wildman–Crippen LogP) is 3.67. The van der Waals surface area contributed by atoms with Crippen molar-refractivity contribution in [2.75, 3.05) is 19.6 Å². The van der Waals surface area contributed by atoms with Crippen LogP contribution in [0.5, 0.6) is 0 Å². The summed E-state index contributed by atoms with van der Waals surface area (Å²) in [5.41, 5.74) is 0.161. The first kappa shape index (κ1) is 16.3. The summed E-state index contributed by atoms with van der Waals surface area (Å²) in [6, 6.07) is 6.11. The quantitative estimate of drug-likeness (QED) is 0.892. The van der Waals surface area contributed by atoms with E-state index in [2.05, 4.69) is 17.1 Å². The van der Waals surface area contributed by atoms with Crippen LogP contribution in [0, 0.1) is 0 Å². The van der Waals surface area contributed by atoms with Gasteiger partial charge in [0.25, 0.3) is 0 Å². The predicted molar refractivity (Wildman–Crippen MR) is 78.0 cm³/mol. The number of hydrogen-bond donors (Lipinski definition) is 1. The molecule has 1 atom stereocenters. The molecule has 0 aliphatic carbocycles. The zero-order valence-electron chi connectivity index (χ0n) is 12.4. The molecular formula is C16H23F3N2. The number of piperidine rings is 1. The molecule has 0 aromatic heterocycles. The molecule has 1 aromatic carbocycles. The summed E-state index contributed by atoms with van der Waals surface area (Å²) in [4.78, 5) is 2.21. The van der Waals surface area contributed by atoms with Crippen LogP contribution in [0.1, 0.15) is 37.3 Å². The summed E-state index contributed by atoms with van der Waals surface area (Å²) >= 11 is 0. The summed E-state index contributed by atoms with van der Waals surface area (Å²) < 4.78 is 38.2. The van der Waals surface area contributed by atoms with E-state index in [9.17, 15) is 13.2 Å². The second-order valence-corrected chi connectivity index (χ2v) is 5.67. The number of rotatable bonds is 5. The van der Waals surface area contributed by atoms with Gasteiger partial charge >= 0.3 is 6.18 Å². The van der Waals surface area contributed by atoms with Crippen molar-refractivity contribution in [1.82, 2.24) is 10.2 Å². The van der Waals surface area contributed by atoms with Crippen molar-refractivity contribution in [2.45, 2.75) is 44.9 Å². The molecule has 0 radical (unpaired) electrons. The standard InChI is InChI=1S/C16H23F3N2/c1-2-21(12-15-8-3-4-9-20-15)11-13-6-5-7-14(10-13)16(17,18)19/h5-7,10,15,20H,2-4,8-9,11-12H2,1H3. The largest absolute Gasteiger partial charge is 0.416 e. The van der Waals surface area contributed by atoms with Crippen molar-refractivity contribution in [1.29, 1.82) is 0 Å². The monoisotopic (exact) mass is 300 g/mol. The smallest absolute Gasteiger partial charge is 0.313 e. The molecule has 2 nitrogen and oxygen atoms in total. The van der Waals surface area contributed by atoms with Crippen LogP contribution in [0.25, 0.3) is 0 Å². The fraction of sp³-hybridized carbons (Fsp3) is 0.625. The van der Waals surface area contributed by atoms with E-state index in [0.717, 1.165) is 37.7 Å². The van der Waals surface area contributed by atoms with Gasteiger partial charge in [0, 0.05) is 19.1 Å². The van der Waals surface area contributed by atoms with Crippen molar-refractivity contribution >= 4 is 0 Å². The maximum Gasteiger partial charge on any atom is 0.416 e. The van der Waals surface area contributed by atoms with Gasteiger partial charge in [0.1, 0.15) is 0 Å². The molecule has 0 bridgehead atoms. The van der Waals surface area contributed by atoms with Gasteiger partial charge in [-0.1, -0.05) is 31.5 Å². The van der Waals surface area contributed by atoms with Gasteiger partial charge < -0.3 is 5.32 Å². The Kier molecular flexibility index (Phi) is 5.65. The second kappa shape index (κ2) is 7.27. The Balaban J connectivity index is 1.97. The molecule has 0 spiro atoms. The Bertz CT molecular complexity index is 439. The first-order valence-corrected chi connectivity index (χ1v) is 7.61. The zero-order chi connectivity index (χ0) is 15.3. The molecule has 5 heteroatoms. The number of halogens is 3. The molecule has 21 heavy (non-hydrogen) atoms. The third-order valence-electron chi connectivity index (χ3n) is 4.00. The van der Waals surface area contributed by atoms with Gasteiger partial charge in [-0.15, -0.1) is 0 Å². The molecule has 0 amide bonds. The van der Waals surface area contributed by atoms with Crippen molar-refractivity contribution in [3.8, 4) is 0 Å². The third kappa shape index (κ3) is 5.00. The highest BCUT2D eigenvalue weighted by Crippen LogP contribution is 2.29. The summed E-state index contributed by atoms with van der Waals surface area (Å²) in [7, 11) is 0. The maximum absolute atomic E-state index is 12.7. The number of hydrogen-bond acceptors (Lipinski definition) is 2. The number of benzene rings is 1. The van der Waals surface area contributed by atoms with Crippen LogP contribution in [-0.4, -0.2) is 30.6 Å². The van der Waals surface area contributed by atoms with E-state index < -0.39 is 11.7 Å². The third-order valence-corrected chi connectivity index (χ3v) is 4.00. The molecule has 118 valence electrons. The van der Waals surface area contributed by atoms with E-state index in [1.165, 1.54) is 25.0 Å². The molecule has 2 rings (SSSR count). The van der Waals surface area contributed by atoms with Gasteiger partial charge in [-0.05, 0) is 37.6 Å². The average molecular weight is 300 g/mol. The van der Waals surface area contributed by atoms with Crippen molar-refractivity contribution in [2.24, 2.45) is 0 Å². The fourth-order valence-corrected chi connectivity index (χ4v) is 2.80. The van der Waals surface area contributed by atoms with Gasteiger partial charge in [0.05, 0.1) is 5.56 Å². The van der Waals surface area contributed by atoms with E-state index in [4.69, 9.17) is 0 Å². The Morgan fingerprint density at radius 1 is 1.29 bits per heavy atom. The summed E-state index contributed by atoms with van der Waals surface area (Å²) in [5.74, 6) is 0. The minimum Gasteiger partial charge on any atom is -0.313 e. The van der Waals surface area contributed by atoms with E-state index >= 15 is 0 Å². The summed E-state index contributed by atoms with van der Waals surface area (Å²) in [5, 5.41) is 3.48. The van der Waals surface area contributed by atoms with Crippen molar-refractivity contribution < 1.29 is 13.2 Å². The Morgan fingerprint density at radius 2 is 2.10 bits per heavy atom. The van der Waals surface area contributed by atoms with E-state index in [0.29, 0.717) is 12.6 Å². The van der Waals surface area contributed by atoms with Crippen LogP contribution in [-0.2, 0) is 12.7 Å². The van der Waals surface area contributed by atoms with E-state index in [1.54, 1.807) is 6.07 Å². The lowest BCUT2D eigenvalue weighted by atomic mass is 10.0. The van der Waals surface area contributed by atoms with Crippen LogP contribution >= 0.6 is 0 Å². The number of likely N-dealkylation sites (N-methyl/N-ethyl adjacent to an activating group) is 1. The van der Waals surface area contributed by atoms with Crippen molar-refractivity contribution in [3.05, 3.63) is 35.4 Å². The molecule has 1 unspecified atom stereocenters. The zero-order valence-corrected chi connectivity index (χ0v) is 12.4. The van der Waals surface area contributed by atoms with E-state index in [-0.39, 0.29) is 0 Å². The highest BCUT2D eigenvalue weighted by atomic mass is 19.4. The molecule has 1 saturated heterocycles. The molecule has 1 aromatic rings. The molecular weight excluding hydrogens is 277 g/mol. The van der Waals surface area contributed by atoms with Crippen LogP contribution < -0.4 is 5.32 Å². The van der Waals surface area contributed by atoms with Gasteiger partial charge in [-0.3, -0.25) is 4.90 Å². The molecule has 1 aliphatic heterocycles. The highest BCUT2D eigenvalue weighted by molar-refractivity contribution is 5.25. The fourth-order valence-electron chi connectivity index (χ4n) is 2.80. The highest BCUT2D eigenvalue weighted by Gasteiger charge is 2.30. The Morgan fingerprint density at radius 3 is 2.71 bits per heavy atom.